The molecule has 2 unspecified atom stereocenters. The van der Waals surface area contributed by atoms with E-state index < -0.39 is 21.3 Å². The number of nitrogens with zero attached hydrogens (tertiary/aromatic N) is 3. The van der Waals surface area contributed by atoms with Crippen LogP contribution >= 0.6 is 0 Å². The van der Waals surface area contributed by atoms with E-state index in [9.17, 15) is 13.2 Å². The molecule has 0 radical (unpaired) electrons. The Balaban J connectivity index is 1.39. The molecule has 30 heavy (non-hydrogen) atoms. The second kappa shape index (κ2) is 8.35. The monoisotopic (exact) mass is 433 g/mol. The van der Waals surface area contributed by atoms with Crippen molar-refractivity contribution in [3.63, 3.8) is 0 Å². The van der Waals surface area contributed by atoms with Crippen LogP contribution in [-0.2, 0) is 10.0 Å². The summed E-state index contributed by atoms with van der Waals surface area (Å²) in [5, 5.41) is 10.3. The summed E-state index contributed by atoms with van der Waals surface area (Å²) < 4.78 is 33.8. The molecule has 2 N–H and O–H groups in total. The lowest BCUT2D eigenvalue weighted by Crippen LogP contribution is -2.29. The first-order valence-electron chi connectivity index (χ1n) is 10.3. The number of sulfonamides is 1. The molecule has 2 aromatic rings. The molecule has 2 atom stereocenters. The van der Waals surface area contributed by atoms with E-state index in [1.54, 1.807) is 17.0 Å². The molecule has 0 saturated carbocycles. The Morgan fingerprint density at radius 3 is 2.57 bits per heavy atom. The van der Waals surface area contributed by atoms with Crippen molar-refractivity contribution in [1.29, 1.82) is 0 Å². The van der Waals surface area contributed by atoms with E-state index >= 15 is 0 Å². The predicted octanol–water partition coefficient (Wildman–Crippen LogP) is 2.27. The molecule has 2 aliphatic rings. The highest BCUT2D eigenvalue weighted by atomic mass is 32.2. The normalized spacial score (nSPS) is 22.0. The lowest BCUT2D eigenvalue weighted by atomic mass is 10.0. The fourth-order valence-electron chi connectivity index (χ4n) is 3.83. The number of nitrogens with one attached hydrogen (secondary N) is 2. The van der Waals surface area contributed by atoms with Crippen LogP contribution < -0.4 is 10.0 Å². The quantitative estimate of drug-likeness (QED) is 0.717. The number of likely N-dealkylation sites (tertiary alicyclic amines) is 1. The minimum atomic E-state index is -3.59. The first kappa shape index (κ1) is 20.8. The van der Waals surface area contributed by atoms with Crippen LogP contribution in [0.1, 0.15) is 67.2 Å². The third-order valence-corrected chi connectivity index (χ3v) is 7.44. The van der Waals surface area contributed by atoms with Crippen LogP contribution in [0.4, 0.5) is 5.69 Å². The maximum Gasteiger partial charge on any atom is 0.311 e. The molecule has 2 fully saturated rings. The zero-order valence-electron chi connectivity index (χ0n) is 17.2. The second-order valence-electron chi connectivity index (χ2n) is 8.19. The largest absolute Gasteiger partial charge is 0.415 e. The van der Waals surface area contributed by atoms with Crippen LogP contribution in [0.5, 0.6) is 0 Å². The topological polar surface area (TPSA) is 117 Å². The maximum atomic E-state index is 12.8. The fourth-order valence-corrected chi connectivity index (χ4v) is 5.22. The maximum absolute atomic E-state index is 12.8. The summed E-state index contributed by atoms with van der Waals surface area (Å²) in [6.45, 7) is 5.84. The van der Waals surface area contributed by atoms with Gasteiger partial charge >= 0.3 is 11.8 Å². The highest BCUT2D eigenvalue weighted by molar-refractivity contribution is 7.93. The van der Waals surface area contributed by atoms with E-state index in [0.717, 1.165) is 18.4 Å². The summed E-state index contributed by atoms with van der Waals surface area (Å²) in [5.41, 5.74) is 1.69. The molecular weight excluding hydrogens is 406 g/mol. The van der Waals surface area contributed by atoms with Gasteiger partial charge in [-0.25, -0.2) is 8.42 Å². The van der Waals surface area contributed by atoms with Crippen molar-refractivity contribution < 1.29 is 17.6 Å². The van der Waals surface area contributed by atoms with Gasteiger partial charge in [0.15, 0.2) is 0 Å². The van der Waals surface area contributed by atoms with E-state index in [-0.39, 0.29) is 24.2 Å². The van der Waals surface area contributed by atoms with Gasteiger partial charge in [0.05, 0.1) is 11.3 Å². The molecule has 1 aromatic heterocycles. The van der Waals surface area contributed by atoms with Gasteiger partial charge in [-0.3, -0.25) is 9.52 Å². The third-order valence-electron chi connectivity index (χ3n) is 5.68. The highest BCUT2D eigenvalue weighted by Gasteiger charge is 2.37. The molecule has 2 saturated heterocycles. The Hall–Kier alpha value is -2.46. The van der Waals surface area contributed by atoms with Crippen molar-refractivity contribution in [2.75, 3.05) is 24.4 Å². The minimum Gasteiger partial charge on any atom is -0.415 e. The summed E-state index contributed by atoms with van der Waals surface area (Å²) in [6.07, 6.45) is 2.24. The molecule has 3 heterocycles. The van der Waals surface area contributed by atoms with Gasteiger partial charge in [-0.1, -0.05) is 26.0 Å². The summed E-state index contributed by atoms with van der Waals surface area (Å²) in [5.74, 6) is 0.326. The van der Waals surface area contributed by atoms with E-state index in [0.29, 0.717) is 31.1 Å². The SMILES string of the molecule is CC(C)c1ccc(NS(=O)(=O)C2CNC(c3nnc(C(=O)N4CCCC4)o3)C2)cc1. The number of hydrogen-bond donors (Lipinski definition) is 2. The van der Waals surface area contributed by atoms with Crippen molar-refractivity contribution in [2.24, 2.45) is 0 Å². The smallest absolute Gasteiger partial charge is 0.311 e. The van der Waals surface area contributed by atoms with Gasteiger partial charge < -0.3 is 14.6 Å². The van der Waals surface area contributed by atoms with Gasteiger partial charge in [-0.05, 0) is 42.9 Å². The number of hydrogen-bond acceptors (Lipinski definition) is 7. The third kappa shape index (κ3) is 4.34. The van der Waals surface area contributed by atoms with Gasteiger partial charge in [0.1, 0.15) is 0 Å². The summed E-state index contributed by atoms with van der Waals surface area (Å²) in [7, 11) is -3.59. The Morgan fingerprint density at radius 1 is 1.20 bits per heavy atom. The molecule has 1 aromatic carbocycles. The Bertz CT molecular complexity index is 996. The zero-order chi connectivity index (χ0) is 21.3. The second-order valence-corrected chi connectivity index (χ2v) is 10.1. The summed E-state index contributed by atoms with van der Waals surface area (Å²) in [6, 6.07) is 7.01. The number of carbonyl (C=O) groups is 1. The van der Waals surface area contributed by atoms with E-state index in [1.807, 2.05) is 12.1 Å². The summed E-state index contributed by atoms with van der Waals surface area (Å²) in [4.78, 5) is 14.1. The Morgan fingerprint density at radius 2 is 1.90 bits per heavy atom. The van der Waals surface area contributed by atoms with E-state index in [1.165, 1.54) is 0 Å². The van der Waals surface area contributed by atoms with Crippen molar-refractivity contribution in [2.45, 2.75) is 50.3 Å². The highest BCUT2D eigenvalue weighted by Crippen LogP contribution is 2.28. The number of aromatic nitrogens is 2. The van der Waals surface area contributed by atoms with Crippen LogP contribution in [0.15, 0.2) is 28.7 Å². The van der Waals surface area contributed by atoms with Crippen molar-refractivity contribution in [1.82, 2.24) is 20.4 Å². The van der Waals surface area contributed by atoms with Crippen LogP contribution in [-0.4, -0.2) is 54.3 Å². The molecule has 0 bridgehead atoms. The lowest BCUT2D eigenvalue weighted by Gasteiger charge is -2.14. The predicted molar refractivity (Wildman–Crippen MR) is 112 cm³/mol. The molecule has 0 aliphatic carbocycles. The van der Waals surface area contributed by atoms with Crippen LogP contribution in [0.3, 0.4) is 0 Å². The van der Waals surface area contributed by atoms with Crippen LogP contribution in [0, 0.1) is 0 Å². The van der Waals surface area contributed by atoms with E-state index in [2.05, 4.69) is 34.1 Å². The van der Waals surface area contributed by atoms with E-state index in [4.69, 9.17) is 4.42 Å². The standard InChI is InChI=1S/C20H27N5O4S/c1-13(2)14-5-7-15(8-6-14)24-30(27,28)16-11-17(21-12-16)18-22-23-19(29-18)20(26)25-9-3-4-10-25/h5-8,13,16-17,21,24H,3-4,9-12H2,1-2H3. The number of benzene rings is 1. The minimum absolute atomic E-state index is 0.0385. The Labute approximate surface area is 176 Å². The van der Waals surface area contributed by atoms with Crippen LogP contribution in [0.2, 0.25) is 0 Å². The van der Waals surface area contributed by atoms with Gasteiger partial charge in [0.2, 0.25) is 15.9 Å². The van der Waals surface area contributed by atoms with Gasteiger partial charge in [-0.2, -0.15) is 0 Å². The molecule has 10 heteroatoms. The van der Waals surface area contributed by atoms with Crippen LogP contribution in [0.25, 0.3) is 0 Å². The van der Waals surface area contributed by atoms with Crippen molar-refractivity contribution in [3.8, 4) is 0 Å². The average Bonchev–Trinajstić information content (AvgIpc) is 3.49. The zero-order valence-corrected chi connectivity index (χ0v) is 18.0. The molecule has 162 valence electrons. The molecular formula is C20H27N5O4S. The van der Waals surface area contributed by atoms with Gasteiger partial charge in [0, 0.05) is 25.3 Å². The molecule has 4 rings (SSSR count). The first-order chi connectivity index (χ1) is 14.3. The molecule has 9 nitrogen and oxygen atoms in total. The Kier molecular flexibility index (Phi) is 5.79. The molecule has 0 spiro atoms. The molecule has 1 amide bonds. The summed E-state index contributed by atoms with van der Waals surface area (Å²) >= 11 is 0. The fraction of sp³-hybridized carbons (Fsp3) is 0.550. The lowest BCUT2D eigenvalue weighted by molar-refractivity contribution is 0.0750. The number of anilines is 1. The van der Waals surface area contributed by atoms with Crippen molar-refractivity contribution >= 4 is 21.6 Å². The number of carbonyl (C=O) groups excluding carboxylic acids is 1. The van der Waals surface area contributed by atoms with Gasteiger partial charge in [0.25, 0.3) is 0 Å². The van der Waals surface area contributed by atoms with Gasteiger partial charge in [-0.15, -0.1) is 10.2 Å². The van der Waals surface area contributed by atoms with Crippen molar-refractivity contribution in [3.05, 3.63) is 41.6 Å². The number of rotatable bonds is 6. The number of amides is 1. The first-order valence-corrected chi connectivity index (χ1v) is 11.9. The average molecular weight is 434 g/mol. The molecule has 2 aliphatic heterocycles.